The highest BCUT2D eigenvalue weighted by Crippen LogP contribution is 2.58. The van der Waals surface area contributed by atoms with Crippen LogP contribution in [0, 0.1) is 22.7 Å². The summed E-state index contributed by atoms with van der Waals surface area (Å²) in [5, 5.41) is 7.60. The van der Waals surface area contributed by atoms with E-state index in [1.165, 1.54) is 14.2 Å². The maximum atomic E-state index is 14.2. The number of aromatic nitrogens is 4. The third-order valence-corrected chi connectivity index (χ3v) is 14.0. The second-order valence-electron chi connectivity index (χ2n) is 19.0. The zero-order chi connectivity index (χ0) is 44.2. The van der Waals surface area contributed by atoms with Crippen LogP contribution in [-0.2, 0) is 23.8 Å². The number of carbonyl (C=O) groups excluding carboxylic acids is 4. The van der Waals surface area contributed by atoms with Crippen LogP contribution in [0.25, 0.3) is 44.2 Å². The van der Waals surface area contributed by atoms with Crippen LogP contribution < -0.4 is 10.6 Å². The maximum absolute atomic E-state index is 14.2. The molecule has 0 radical (unpaired) electrons. The third-order valence-electron chi connectivity index (χ3n) is 14.0. The molecule has 5 heterocycles. The SMILES string of the molecule is COC(=O)N[C@H](C(=O)N1C[C@]2(CCCOC2)C[C@H]1c1ncc(-c2ccc(-c3ccc4c(ccc5[nH]c([C@@H]6CC7(CC7)CN6C(=O)[C@@H](NC(=O)OC)C(C)C)nc54)c3)cc2)[nH]1)C(C)C. The van der Waals surface area contributed by atoms with E-state index in [1.54, 1.807) is 0 Å². The molecule has 9 rings (SSSR count). The van der Waals surface area contributed by atoms with Crippen LogP contribution in [-0.4, -0.2) is 106 Å². The Kier molecular flexibility index (Phi) is 11.2. The molecule has 63 heavy (non-hydrogen) atoms. The van der Waals surface area contributed by atoms with Gasteiger partial charge in [0.15, 0.2) is 0 Å². The summed E-state index contributed by atoms with van der Waals surface area (Å²) in [6, 6.07) is 17.0. The highest BCUT2D eigenvalue weighted by Gasteiger charge is 2.55. The van der Waals surface area contributed by atoms with Gasteiger partial charge < -0.3 is 44.6 Å². The molecular weight excluding hydrogens is 801 g/mol. The van der Waals surface area contributed by atoms with Crippen LogP contribution in [0.5, 0.6) is 0 Å². The molecule has 3 aliphatic heterocycles. The quantitative estimate of drug-likeness (QED) is 0.110. The second kappa shape index (κ2) is 16.6. The number of likely N-dealkylation sites (tertiary alicyclic amines) is 2. The van der Waals surface area contributed by atoms with Gasteiger partial charge in [-0.05, 0) is 90.0 Å². The first-order valence-electron chi connectivity index (χ1n) is 22.3. The molecule has 2 spiro atoms. The van der Waals surface area contributed by atoms with Gasteiger partial charge in [-0.3, -0.25) is 9.59 Å². The molecule has 0 unspecified atom stereocenters. The van der Waals surface area contributed by atoms with Crippen LogP contribution in [0.1, 0.15) is 90.0 Å². The van der Waals surface area contributed by atoms with Crippen molar-refractivity contribution in [2.24, 2.45) is 22.7 Å². The average molecular weight is 859 g/mol. The first-order chi connectivity index (χ1) is 30.3. The Hall–Kier alpha value is -5.96. The lowest BCUT2D eigenvalue weighted by molar-refractivity contribution is -0.136. The number of alkyl carbamates (subject to hydrolysis) is 2. The predicted molar refractivity (Wildman–Crippen MR) is 237 cm³/mol. The summed E-state index contributed by atoms with van der Waals surface area (Å²) in [6.07, 6.45) is 6.19. The average Bonchev–Trinajstić information content (AvgIpc) is 3.70. The summed E-state index contributed by atoms with van der Waals surface area (Å²) in [5.74, 6) is 0.951. The van der Waals surface area contributed by atoms with Gasteiger partial charge in [0.1, 0.15) is 23.7 Å². The van der Waals surface area contributed by atoms with Crippen molar-refractivity contribution in [2.75, 3.05) is 40.5 Å². The number of ether oxygens (including phenoxy) is 3. The van der Waals surface area contributed by atoms with Crippen LogP contribution in [0.2, 0.25) is 0 Å². The van der Waals surface area contributed by atoms with Gasteiger partial charge in [-0.25, -0.2) is 19.6 Å². The largest absolute Gasteiger partial charge is 0.453 e. The number of methoxy groups -OCH3 is 2. The molecule has 3 aromatic carbocycles. The van der Waals surface area contributed by atoms with Crippen molar-refractivity contribution >= 4 is 45.8 Å². The number of rotatable bonds is 10. The van der Waals surface area contributed by atoms with Gasteiger partial charge in [0.25, 0.3) is 0 Å². The van der Waals surface area contributed by atoms with Crippen molar-refractivity contribution < 1.29 is 33.4 Å². The Bertz CT molecular complexity index is 2540. The van der Waals surface area contributed by atoms with Crippen molar-refractivity contribution in [1.82, 2.24) is 40.4 Å². The molecule has 15 nitrogen and oxygen atoms in total. The summed E-state index contributed by atoms with van der Waals surface area (Å²) < 4.78 is 15.7. The van der Waals surface area contributed by atoms with E-state index in [0.29, 0.717) is 25.5 Å². The van der Waals surface area contributed by atoms with Crippen molar-refractivity contribution in [3.63, 3.8) is 0 Å². The van der Waals surface area contributed by atoms with Crippen LogP contribution in [0.15, 0.2) is 60.8 Å². The molecule has 2 aromatic heterocycles. The van der Waals surface area contributed by atoms with Crippen LogP contribution >= 0.6 is 0 Å². The Labute approximate surface area is 367 Å². The molecule has 5 atom stereocenters. The number of hydrogen-bond acceptors (Lipinski definition) is 9. The van der Waals surface area contributed by atoms with E-state index in [-0.39, 0.29) is 46.6 Å². The zero-order valence-electron chi connectivity index (χ0n) is 37.0. The zero-order valence-corrected chi connectivity index (χ0v) is 37.0. The Morgan fingerprint density at radius 2 is 1.35 bits per heavy atom. The van der Waals surface area contributed by atoms with Gasteiger partial charge in [-0.1, -0.05) is 70.2 Å². The second-order valence-corrected chi connectivity index (χ2v) is 19.0. The molecule has 15 heteroatoms. The molecule has 3 saturated heterocycles. The molecule has 5 aromatic rings. The first kappa shape index (κ1) is 42.3. The topological polar surface area (TPSA) is 184 Å². The number of carbonyl (C=O) groups is 4. The number of imidazole rings is 2. The van der Waals surface area contributed by atoms with E-state index in [0.717, 1.165) is 95.1 Å². The summed E-state index contributed by atoms with van der Waals surface area (Å²) >= 11 is 0. The van der Waals surface area contributed by atoms with E-state index < -0.39 is 24.3 Å². The minimum Gasteiger partial charge on any atom is -0.453 e. The number of nitrogens with zero attached hydrogens (tertiary/aromatic N) is 4. The van der Waals surface area contributed by atoms with Gasteiger partial charge in [0.05, 0.1) is 55.8 Å². The van der Waals surface area contributed by atoms with Gasteiger partial charge in [0.2, 0.25) is 11.8 Å². The lowest BCUT2D eigenvalue weighted by atomic mass is 9.80. The predicted octanol–water partition coefficient (Wildman–Crippen LogP) is 7.66. The first-order valence-corrected chi connectivity index (χ1v) is 22.3. The summed E-state index contributed by atoms with van der Waals surface area (Å²) in [6.45, 7) is 10.2. The lowest BCUT2D eigenvalue weighted by Crippen LogP contribution is -2.51. The van der Waals surface area contributed by atoms with Crippen LogP contribution in [0.4, 0.5) is 9.59 Å². The number of fused-ring (bicyclic) bond motifs is 3. The molecule has 1 aliphatic carbocycles. The standard InChI is InChI=1S/C48H58N8O7/c1-27(2)38(53-45(59)61-5)43(57)55-24-47(17-18-47)21-37(55)42-50-34-15-13-32-20-31(12-14-33(32)40(34)52-42)29-8-10-30(11-9-29)35-23-49-41(51-35)36-22-48(16-7-19-63-26-48)25-56(36)44(58)39(28(3)4)54-46(60)62-6/h8-15,20,23,27-28,36-39H,7,16-19,21-22,24-26H2,1-6H3,(H,49,51)(H,50,52)(H,53,59)(H,54,60)/t36-,37-,38-,39-,48-/m0/s1. The Morgan fingerprint density at radius 1 is 0.746 bits per heavy atom. The van der Waals surface area contributed by atoms with E-state index in [9.17, 15) is 19.2 Å². The number of hydrogen-bond donors (Lipinski definition) is 4. The summed E-state index contributed by atoms with van der Waals surface area (Å²) in [4.78, 5) is 73.5. The van der Waals surface area contributed by atoms with Crippen molar-refractivity contribution in [3.8, 4) is 22.4 Å². The van der Waals surface area contributed by atoms with Gasteiger partial charge in [-0.2, -0.15) is 0 Å². The minimum absolute atomic E-state index is 0.104. The number of nitrogens with one attached hydrogen (secondary N) is 4. The number of H-pyrrole nitrogens is 2. The molecule has 1 saturated carbocycles. The molecule has 0 bridgehead atoms. The van der Waals surface area contributed by atoms with E-state index in [1.807, 2.05) is 43.7 Å². The Balaban J connectivity index is 0.942. The molecule has 4 amide bonds. The maximum Gasteiger partial charge on any atom is 0.407 e. The minimum atomic E-state index is -0.739. The number of amides is 4. The monoisotopic (exact) mass is 858 g/mol. The molecular formula is C48H58N8O7. The fraction of sp³-hybridized carbons (Fsp3) is 0.500. The summed E-state index contributed by atoms with van der Waals surface area (Å²) in [5.41, 5.74) is 5.65. The molecule has 332 valence electrons. The van der Waals surface area contributed by atoms with Crippen LogP contribution in [0.3, 0.4) is 0 Å². The smallest absolute Gasteiger partial charge is 0.407 e. The van der Waals surface area contributed by atoms with E-state index >= 15 is 0 Å². The van der Waals surface area contributed by atoms with E-state index in [2.05, 4.69) is 75.2 Å². The molecule has 4 N–H and O–H groups in total. The number of aromatic amines is 2. The molecule has 4 aliphatic rings. The normalized spacial score (nSPS) is 22.6. The highest BCUT2D eigenvalue weighted by atomic mass is 16.5. The number of benzene rings is 3. The summed E-state index contributed by atoms with van der Waals surface area (Å²) in [7, 11) is 2.61. The fourth-order valence-electron chi connectivity index (χ4n) is 10.2. The van der Waals surface area contributed by atoms with Gasteiger partial charge in [0, 0.05) is 30.5 Å². The Morgan fingerprint density at radius 3 is 1.95 bits per heavy atom. The lowest BCUT2D eigenvalue weighted by Gasteiger charge is -2.33. The third kappa shape index (κ3) is 8.11. The van der Waals surface area contributed by atoms with Crippen molar-refractivity contribution in [1.29, 1.82) is 0 Å². The van der Waals surface area contributed by atoms with Gasteiger partial charge in [-0.15, -0.1) is 0 Å². The van der Waals surface area contributed by atoms with Crippen molar-refractivity contribution in [2.45, 2.75) is 90.4 Å². The van der Waals surface area contributed by atoms with Crippen molar-refractivity contribution in [3.05, 3.63) is 72.4 Å². The molecule has 4 fully saturated rings. The van der Waals surface area contributed by atoms with Gasteiger partial charge >= 0.3 is 12.2 Å². The van der Waals surface area contributed by atoms with E-state index in [4.69, 9.17) is 24.2 Å². The highest BCUT2D eigenvalue weighted by molar-refractivity contribution is 6.05. The fourth-order valence-corrected chi connectivity index (χ4v) is 10.2.